The van der Waals surface area contributed by atoms with Gasteiger partial charge in [0.25, 0.3) is 0 Å². The van der Waals surface area contributed by atoms with E-state index in [-0.39, 0.29) is 0 Å². The topological polar surface area (TPSA) is 43.8 Å². The fourth-order valence-corrected chi connectivity index (χ4v) is 1.30. The van der Waals surface area contributed by atoms with E-state index in [2.05, 4.69) is 5.10 Å². The van der Waals surface area contributed by atoms with Crippen molar-refractivity contribution in [2.24, 2.45) is 0 Å². The monoisotopic (exact) mass is 173 g/mol. The molecule has 1 heterocycles. The number of rotatable bonds is 1. The van der Waals surface area contributed by atoms with E-state index in [0.717, 1.165) is 17.1 Å². The number of nitrogens with zero attached hydrogens (tertiary/aromatic N) is 2. The molecule has 3 nitrogen and oxygen atoms in total. The summed E-state index contributed by atoms with van der Waals surface area (Å²) in [7, 11) is 0. The van der Waals surface area contributed by atoms with E-state index in [1.54, 1.807) is 6.20 Å². The maximum atomic E-state index is 5.82. The lowest BCUT2D eigenvalue weighted by Crippen LogP contribution is -2.02. The lowest BCUT2D eigenvalue weighted by atomic mass is 10.2. The molecule has 0 aliphatic carbocycles. The van der Waals surface area contributed by atoms with Crippen LogP contribution in [-0.4, -0.2) is 9.78 Å². The highest BCUT2D eigenvalue weighted by molar-refractivity contribution is 5.57. The van der Waals surface area contributed by atoms with Gasteiger partial charge < -0.3 is 5.73 Å². The van der Waals surface area contributed by atoms with Gasteiger partial charge in [0.15, 0.2) is 0 Å². The van der Waals surface area contributed by atoms with Crippen LogP contribution < -0.4 is 5.73 Å². The third-order valence-corrected chi connectivity index (χ3v) is 2.00. The van der Waals surface area contributed by atoms with E-state index in [0.29, 0.717) is 0 Å². The first kappa shape index (κ1) is 7.86. The predicted molar refractivity (Wildman–Crippen MR) is 52.7 cm³/mol. The van der Waals surface area contributed by atoms with Gasteiger partial charge in [0.05, 0.1) is 11.4 Å². The van der Waals surface area contributed by atoms with Gasteiger partial charge in [0.2, 0.25) is 0 Å². The number of aryl methyl sites for hydroxylation is 1. The molecule has 0 aliphatic rings. The molecule has 0 radical (unpaired) electrons. The Balaban J connectivity index is 2.59. The van der Waals surface area contributed by atoms with Crippen molar-refractivity contribution >= 4 is 5.69 Å². The molecule has 13 heavy (non-hydrogen) atoms. The Hall–Kier alpha value is -1.77. The van der Waals surface area contributed by atoms with Gasteiger partial charge in [-0.1, -0.05) is 12.1 Å². The molecule has 2 N–H and O–H groups in total. The first-order chi connectivity index (χ1) is 6.29. The maximum absolute atomic E-state index is 5.82. The Morgan fingerprint density at radius 1 is 1.23 bits per heavy atom. The second kappa shape index (κ2) is 2.94. The quantitative estimate of drug-likeness (QED) is 0.668. The molecule has 0 saturated heterocycles. The largest absolute Gasteiger partial charge is 0.397 e. The van der Waals surface area contributed by atoms with Crippen LogP contribution in [0.1, 0.15) is 5.69 Å². The third-order valence-electron chi connectivity index (χ3n) is 2.00. The fourth-order valence-electron chi connectivity index (χ4n) is 1.30. The van der Waals surface area contributed by atoms with Gasteiger partial charge in [-0.2, -0.15) is 5.10 Å². The summed E-state index contributed by atoms with van der Waals surface area (Å²) in [5.41, 5.74) is 8.58. The highest BCUT2D eigenvalue weighted by atomic mass is 15.3. The Bertz CT molecular complexity index is 418. The van der Waals surface area contributed by atoms with Crippen LogP contribution in [0.25, 0.3) is 5.69 Å². The summed E-state index contributed by atoms with van der Waals surface area (Å²) in [5, 5.41) is 4.18. The third kappa shape index (κ3) is 1.28. The minimum absolute atomic E-state index is 0.745. The normalized spacial score (nSPS) is 10.2. The lowest BCUT2D eigenvalue weighted by molar-refractivity contribution is 0.849. The molecule has 0 amide bonds. The van der Waals surface area contributed by atoms with E-state index >= 15 is 0 Å². The van der Waals surface area contributed by atoms with Crippen LogP contribution in [0.15, 0.2) is 36.5 Å². The molecule has 1 aromatic carbocycles. The van der Waals surface area contributed by atoms with E-state index < -0.39 is 0 Å². The minimum Gasteiger partial charge on any atom is -0.397 e. The SMILES string of the molecule is Cc1ccnn1-c1ccccc1N. The second-order valence-electron chi connectivity index (χ2n) is 2.94. The van der Waals surface area contributed by atoms with Gasteiger partial charge in [-0.05, 0) is 25.1 Å². The molecule has 0 unspecified atom stereocenters. The molecule has 3 heteroatoms. The highest BCUT2D eigenvalue weighted by Crippen LogP contribution is 2.16. The Morgan fingerprint density at radius 2 is 2.00 bits per heavy atom. The van der Waals surface area contributed by atoms with Crippen molar-refractivity contribution in [2.45, 2.75) is 6.92 Å². The number of para-hydroxylation sites is 2. The van der Waals surface area contributed by atoms with Crippen molar-refractivity contribution in [3.63, 3.8) is 0 Å². The summed E-state index contributed by atoms with van der Waals surface area (Å²) >= 11 is 0. The van der Waals surface area contributed by atoms with Gasteiger partial charge >= 0.3 is 0 Å². The number of nitrogens with two attached hydrogens (primary N) is 1. The molecule has 0 spiro atoms. The number of benzene rings is 1. The Morgan fingerprint density at radius 3 is 2.62 bits per heavy atom. The van der Waals surface area contributed by atoms with Crippen LogP contribution >= 0.6 is 0 Å². The summed E-state index contributed by atoms with van der Waals surface area (Å²) in [6.45, 7) is 2.00. The van der Waals surface area contributed by atoms with Crippen molar-refractivity contribution in [3.8, 4) is 5.69 Å². The number of anilines is 1. The Labute approximate surface area is 76.8 Å². The van der Waals surface area contributed by atoms with Crippen LogP contribution in [0.5, 0.6) is 0 Å². The highest BCUT2D eigenvalue weighted by Gasteiger charge is 2.02. The van der Waals surface area contributed by atoms with Crippen LogP contribution in [0.4, 0.5) is 5.69 Å². The summed E-state index contributed by atoms with van der Waals surface area (Å²) in [6.07, 6.45) is 1.77. The molecule has 0 saturated carbocycles. The fraction of sp³-hybridized carbons (Fsp3) is 0.100. The van der Waals surface area contributed by atoms with Crippen LogP contribution in [0, 0.1) is 6.92 Å². The molecular weight excluding hydrogens is 162 g/mol. The van der Waals surface area contributed by atoms with Crippen molar-refractivity contribution in [1.29, 1.82) is 0 Å². The molecule has 66 valence electrons. The first-order valence-electron chi connectivity index (χ1n) is 4.14. The van der Waals surface area contributed by atoms with Crippen molar-refractivity contribution in [1.82, 2.24) is 9.78 Å². The molecular formula is C10H11N3. The Kier molecular flexibility index (Phi) is 1.77. The average Bonchev–Trinajstić information content (AvgIpc) is 2.52. The maximum Gasteiger partial charge on any atom is 0.0877 e. The van der Waals surface area contributed by atoms with Gasteiger partial charge in [-0.15, -0.1) is 0 Å². The van der Waals surface area contributed by atoms with Crippen molar-refractivity contribution in [3.05, 3.63) is 42.2 Å². The summed E-state index contributed by atoms with van der Waals surface area (Å²) in [4.78, 5) is 0. The van der Waals surface area contributed by atoms with E-state index in [1.807, 2.05) is 41.9 Å². The summed E-state index contributed by atoms with van der Waals surface area (Å²) < 4.78 is 1.83. The zero-order chi connectivity index (χ0) is 9.26. The molecule has 2 aromatic rings. The van der Waals surface area contributed by atoms with E-state index in [1.165, 1.54) is 0 Å². The van der Waals surface area contributed by atoms with E-state index in [9.17, 15) is 0 Å². The molecule has 2 rings (SSSR count). The standard InChI is InChI=1S/C10H11N3/c1-8-6-7-12-13(8)10-5-3-2-4-9(10)11/h2-7H,11H2,1H3. The van der Waals surface area contributed by atoms with Crippen LogP contribution in [0.2, 0.25) is 0 Å². The minimum atomic E-state index is 0.745. The second-order valence-corrected chi connectivity index (χ2v) is 2.94. The summed E-state index contributed by atoms with van der Waals surface area (Å²) in [5.74, 6) is 0. The van der Waals surface area contributed by atoms with Crippen molar-refractivity contribution < 1.29 is 0 Å². The number of aromatic nitrogens is 2. The van der Waals surface area contributed by atoms with E-state index in [4.69, 9.17) is 5.73 Å². The molecule has 0 bridgehead atoms. The zero-order valence-corrected chi connectivity index (χ0v) is 7.44. The van der Waals surface area contributed by atoms with Gasteiger partial charge in [0, 0.05) is 11.9 Å². The number of hydrogen-bond donors (Lipinski definition) is 1. The first-order valence-corrected chi connectivity index (χ1v) is 4.14. The molecule has 0 aliphatic heterocycles. The zero-order valence-electron chi connectivity index (χ0n) is 7.44. The average molecular weight is 173 g/mol. The number of hydrogen-bond acceptors (Lipinski definition) is 2. The molecule has 1 aromatic heterocycles. The lowest BCUT2D eigenvalue weighted by Gasteiger charge is -2.06. The van der Waals surface area contributed by atoms with Gasteiger partial charge in [-0.3, -0.25) is 0 Å². The smallest absolute Gasteiger partial charge is 0.0877 e. The van der Waals surface area contributed by atoms with Crippen LogP contribution in [0.3, 0.4) is 0 Å². The van der Waals surface area contributed by atoms with Crippen LogP contribution in [-0.2, 0) is 0 Å². The summed E-state index contributed by atoms with van der Waals surface area (Å²) in [6, 6.07) is 9.64. The van der Waals surface area contributed by atoms with Gasteiger partial charge in [0.1, 0.15) is 0 Å². The predicted octanol–water partition coefficient (Wildman–Crippen LogP) is 1.76. The molecule has 0 fully saturated rings. The van der Waals surface area contributed by atoms with Crippen molar-refractivity contribution in [2.75, 3.05) is 5.73 Å². The molecule has 0 atom stereocenters. The van der Waals surface area contributed by atoms with Gasteiger partial charge in [-0.25, -0.2) is 4.68 Å². The number of nitrogen functional groups attached to an aromatic ring is 1.